The maximum atomic E-state index is 5.61. The third kappa shape index (κ3) is 4.65. The molecule has 0 aliphatic heterocycles. The van der Waals surface area contributed by atoms with Gasteiger partial charge in [0.25, 0.3) is 0 Å². The van der Waals surface area contributed by atoms with Gasteiger partial charge in [-0.3, -0.25) is 0 Å². The van der Waals surface area contributed by atoms with Gasteiger partial charge in [-0.25, -0.2) is 0 Å². The van der Waals surface area contributed by atoms with Gasteiger partial charge in [-0.15, -0.1) is 0 Å². The van der Waals surface area contributed by atoms with Crippen LogP contribution in [-0.4, -0.2) is 19.1 Å². The van der Waals surface area contributed by atoms with Crippen molar-refractivity contribution < 1.29 is 0 Å². The quantitative estimate of drug-likeness (QED) is 0.664. The predicted octanol–water partition coefficient (Wildman–Crippen LogP) is 1.17. The van der Waals surface area contributed by atoms with Gasteiger partial charge in [-0.05, 0) is 25.5 Å². The van der Waals surface area contributed by atoms with Crippen molar-refractivity contribution in [2.75, 3.05) is 13.1 Å². The molecule has 1 aromatic carbocycles. The maximum absolute atomic E-state index is 5.61. The van der Waals surface area contributed by atoms with E-state index in [0.29, 0.717) is 0 Å². The van der Waals surface area contributed by atoms with Gasteiger partial charge in [-0.2, -0.15) is 0 Å². The van der Waals surface area contributed by atoms with Gasteiger partial charge < -0.3 is 11.1 Å². The zero-order valence-electron chi connectivity index (χ0n) is 8.16. The molecule has 0 bridgehead atoms. The second kappa shape index (κ2) is 5.73. The smallest absolute Gasteiger partial charge is 0.0136 e. The minimum atomic E-state index is 0.246. The minimum absolute atomic E-state index is 0.246. The fraction of sp³-hybridized carbons (Fsp3) is 0.455. The van der Waals surface area contributed by atoms with Crippen LogP contribution in [0.25, 0.3) is 0 Å². The molecule has 13 heavy (non-hydrogen) atoms. The van der Waals surface area contributed by atoms with E-state index in [1.54, 1.807) is 0 Å². The highest BCUT2D eigenvalue weighted by Crippen LogP contribution is 1.97. The molecule has 0 fully saturated rings. The summed E-state index contributed by atoms with van der Waals surface area (Å²) in [6, 6.07) is 10.7. The van der Waals surface area contributed by atoms with Gasteiger partial charge in [0.2, 0.25) is 0 Å². The molecule has 0 aromatic heterocycles. The van der Waals surface area contributed by atoms with Crippen molar-refractivity contribution in [1.82, 2.24) is 5.32 Å². The van der Waals surface area contributed by atoms with Crippen molar-refractivity contribution in [2.24, 2.45) is 5.73 Å². The Kier molecular flexibility index (Phi) is 4.50. The standard InChI is InChI=1S/C11H18N2/c1-10(12)9-13-8-7-11-5-3-2-4-6-11/h2-6,10,13H,7-9,12H2,1H3. The number of rotatable bonds is 5. The summed E-state index contributed by atoms with van der Waals surface area (Å²) < 4.78 is 0. The monoisotopic (exact) mass is 178 g/mol. The van der Waals surface area contributed by atoms with E-state index in [0.717, 1.165) is 19.5 Å². The van der Waals surface area contributed by atoms with Crippen LogP contribution in [0.4, 0.5) is 0 Å². The zero-order valence-corrected chi connectivity index (χ0v) is 8.16. The van der Waals surface area contributed by atoms with Crippen LogP contribution in [-0.2, 0) is 6.42 Å². The lowest BCUT2D eigenvalue weighted by Crippen LogP contribution is -2.32. The van der Waals surface area contributed by atoms with E-state index in [-0.39, 0.29) is 6.04 Å². The van der Waals surface area contributed by atoms with Crippen LogP contribution in [0, 0.1) is 0 Å². The second-order valence-corrected chi connectivity index (χ2v) is 3.42. The van der Waals surface area contributed by atoms with Gasteiger partial charge in [0.05, 0.1) is 0 Å². The number of hydrogen-bond acceptors (Lipinski definition) is 2. The molecule has 3 N–H and O–H groups in total. The summed E-state index contributed by atoms with van der Waals surface area (Å²) in [5.41, 5.74) is 6.98. The summed E-state index contributed by atoms with van der Waals surface area (Å²) in [5.74, 6) is 0. The Morgan fingerprint density at radius 1 is 1.31 bits per heavy atom. The van der Waals surface area contributed by atoms with Crippen LogP contribution < -0.4 is 11.1 Å². The van der Waals surface area contributed by atoms with Gasteiger partial charge in [0.15, 0.2) is 0 Å². The number of benzene rings is 1. The molecule has 1 unspecified atom stereocenters. The molecule has 0 saturated heterocycles. The van der Waals surface area contributed by atoms with Crippen molar-refractivity contribution >= 4 is 0 Å². The minimum Gasteiger partial charge on any atom is -0.327 e. The lowest BCUT2D eigenvalue weighted by Gasteiger charge is -2.06. The van der Waals surface area contributed by atoms with E-state index in [2.05, 4.69) is 29.6 Å². The number of hydrogen-bond donors (Lipinski definition) is 2. The first kappa shape index (κ1) is 10.2. The average molecular weight is 178 g/mol. The topological polar surface area (TPSA) is 38.0 Å². The molecular formula is C11H18N2. The molecule has 1 rings (SSSR count). The van der Waals surface area contributed by atoms with Gasteiger partial charge >= 0.3 is 0 Å². The van der Waals surface area contributed by atoms with Gasteiger partial charge in [0, 0.05) is 12.6 Å². The molecule has 2 nitrogen and oxygen atoms in total. The highest BCUT2D eigenvalue weighted by Gasteiger charge is 1.93. The molecule has 0 aliphatic rings. The van der Waals surface area contributed by atoms with Crippen LogP contribution >= 0.6 is 0 Å². The molecule has 0 heterocycles. The normalized spacial score (nSPS) is 12.8. The third-order valence-electron chi connectivity index (χ3n) is 1.90. The van der Waals surface area contributed by atoms with Crippen LogP contribution in [0.15, 0.2) is 30.3 Å². The van der Waals surface area contributed by atoms with Crippen molar-refractivity contribution in [1.29, 1.82) is 0 Å². The molecule has 2 heteroatoms. The van der Waals surface area contributed by atoms with Crippen LogP contribution in [0.3, 0.4) is 0 Å². The van der Waals surface area contributed by atoms with Crippen LogP contribution in [0.1, 0.15) is 12.5 Å². The van der Waals surface area contributed by atoms with E-state index in [4.69, 9.17) is 5.73 Å². The van der Waals surface area contributed by atoms with Crippen molar-refractivity contribution in [3.05, 3.63) is 35.9 Å². The Morgan fingerprint density at radius 3 is 2.62 bits per heavy atom. The molecule has 1 aromatic rings. The van der Waals surface area contributed by atoms with Gasteiger partial charge in [-0.1, -0.05) is 30.3 Å². The van der Waals surface area contributed by atoms with E-state index in [1.807, 2.05) is 13.0 Å². The lowest BCUT2D eigenvalue weighted by molar-refractivity contribution is 0.609. The summed E-state index contributed by atoms with van der Waals surface area (Å²) in [7, 11) is 0. The Balaban J connectivity index is 2.13. The molecule has 1 atom stereocenters. The van der Waals surface area contributed by atoms with Gasteiger partial charge in [0.1, 0.15) is 0 Å². The van der Waals surface area contributed by atoms with Crippen molar-refractivity contribution in [3.8, 4) is 0 Å². The number of nitrogens with one attached hydrogen (secondary N) is 1. The van der Waals surface area contributed by atoms with E-state index >= 15 is 0 Å². The molecule has 0 saturated carbocycles. The van der Waals surface area contributed by atoms with E-state index in [9.17, 15) is 0 Å². The molecule has 0 spiro atoms. The maximum Gasteiger partial charge on any atom is 0.0136 e. The predicted molar refractivity (Wildman–Crippen MR) is 56.7 cm³/mol. The molecule has 72 valence electrons. The largest absolute Gasteiger partial charge is 0.327 e. The number of nitrogens with two attached hydrogens (primary N) is 1. The highest BCUT2D eigenvalue weighted by atomic mass is 14.9. The van der Waals surface area contributed by atoms with Crippen LogP contribution in [0.2, 0.25) is 0 Å². The van der Waals surface area contributed by atoms with Crippen molar-refractivity contribution in [2.45, 2.75) is 19.4 Å². The third-order valence-corrected chi connectivity index (χ3v) is 1.90. The first-order valence-electron chi connectivity index (χ1n) is 4.79. The molecule has 0 amide bonds. The Labute approximate surface area is 80.1 Å². The van der Waals surface area contributed by atoms with Crippen LogP contribution in [0.5, 0.6) is 0 Å². The first-order valence-corrected chi connectivity index (χ1v) is 4.79. The van der Waals surface area contributed by atoms with E-state index in [1.165, 1.54) is 5.56 Å². The summed E-state index contributed by atoms with van der Waals surface area (Å²) in [4.78, 5) is 0. The molecular weight excluding hydrogens is 160 g/mol. The summed E-state index contributed by atoms with van der Waals surface area (Å²) >= 11 is 0. The SMILES string of the molecule is CC(N)CNCCc1ccccc1. The Hall–Kier alpha value is -0.860. The fourth-order valence-corrected chi connectivity index (χ4v) is 1.21. The average Bonchev–Trinajstić information content (AvgIpc) is 2.14. The fourth-order valence-electron chi connectivity index (χ4n) is 1.21. The highest BCUT2D eigenvalue weighted by molar-refractivity contribution is 5.14. The zero-order chi connectivity index (χ0) is 9.52. The second-order valence-electron chi connectivity index (χ2n) is 3.42. The van der Waals surface area contributed by atoms with E-state index < -0.39 is 0 Å². The molecule has 0 aliphatic carbocycles. The molecule has 0 radical (unpaired) electrons. The Bertz CT molecular complexity index is 219. The summed E-state index contributed by atoms with van der Waals surface area (Å²) in [5, 5.41) is 3.31. The summed E-state index contributed by atoms with van der Waals surface area (Å²) in [6.07, 6.45) is 1.08. The lowest BCUT2D eigenvalue weighted by atomic mass is 10.1. The van der Waals surface area contributed by atoms with Crippen molar-refractivity contribution in [3.63, 3.8) is 0 Å². The Morgan fingerprint density at radius 2 is 2.00 bits per heavy atom. The summed E-state index contributed by atoms with van der Waals surface area (Å²) in [6.45, 7) is 3.91. The first-order chi connectivity index (χ1) is 6.29.